The van der Waals surface area contributed by atoms with Gasteiger partial charge in [0.05, 0.1) is 0 Å². The topological polar surface area (TPSA) is 78.4 Å². The molecule has 0 radical (unpaired) electrons. The van der Waals surface area contributed by atoms with Crippen LogP contribution in [0.25, 0.3) is 0 Å². The summed E-state index contributed by atoms with van der Waals surface area (Å²) in [5.41, 5.74) is 0.373. The summed E-state index contributed by atoms with van der Waals surface area (Å²) in [7, 11) is 0. The van der Waals surface area contributed by atoms with E-state index >= 15 is 0 Å². The van der Waals surface area contributed by atoms with E-state index < -0.39 is 29.7 Å². The zero-order chi connectivity index (χ0) is 14.4. The molecule has 1 aromatic carbocycles. The molecular formula is C12H14F2N2O3. The van der Waals surface area contributed by atoms with Gasteiger partial charge in [-0.2, -0.15) is 0 Å². The second-order valence-electron chi connectivity index (χ2n) is 3.87. The Morgan fingerprint density at radius 1 is 1.32 bits per heavy atom. The van der Waals surface area contributed by atoms with Crippen LogP contribution in [-0.4, -0.2) is 23.1 Å². The first-order valence-electron chi connectivity index (χ1n) is 5.65. The van der Waals surface area contributed by atoms with E-state index in [2.05, 4.69) is 10.6 Å². The molecule has 2 amide bonds. The number of hydrogen-bond acceptors (Lipinski definition) is 2. The van der Waals surface area contributed by atoms with Crippen molar-refractivity contribution < 1.29 is 23.5 Å². The van der Waals surface area contributed by atoms with Crippen molar-refractivity contribution >= 4 is 12.0 Å². The molecule has 7 heteroatoms. The fourth-order valence-corrected chi connectivity index (χ4v) is 1.38. The lowest BCUT2D eigenvalue weighted by Gasteiger charge is -2.13. The quantitative estimate of drug-likeness (QED) is 0.762. The van der Waals surface area contributed by atoms with Crippen LogP contribution in [0.15, 0.2) is 18.2 Å². The van der Waals surface area contributed by atoms with Gasteiger partial charge in [-0.15, -0.1) is 0 Å². The Hall–Kier alpha value is -2.18. The van der Waals surface area contributed by atoms with Crippen molar-refractivity contribution in [3.8, 4) is 0 Å². The van der Waals surface area contributed by atoms with Gasteiger partial charge >= 0.3 is 12.0 Å². The fourth-order valence-electron chi connectivity index (χ4n) is 1.38. The first-order chi connectivity index (χ1) is 8.93. The molecule has 1 rings (SSSR count). The van der Waals surface area contributed by atoms with Crippen LogP contribution in [0.4, 0.5) is 13.6 Å². The van der Waals surface area contributed by atoms with Gasteiger partial charge in [0.2, 0.25) is 0 Å². The minimum Gasteiger partial charge on any atom is -0.480 e. The Kier molecular flexibility index (Phi) is 5.23. The molecule has 19 heavy (non-hydrogen) atoms. The van der Waals surface area contributed by atoms with Gasteiger partial charge < -0.3 is 15.7 Å². The molecule has 0 aliphatic heterocycles. The summed E-state index contributed by atoms with van der Waals surface area (Å²) in [6.45, 7) is 1.59. The maximum atomic E-state index is 12.9. The number of nitrogens with one attached hydrogen (secondary N) is 2. The van der Waals surface area contributed by atoms with Crippen molar-refractivity contribution in [3.05, 3.63) is 35.4 Å². The molecule has 0 heterocycles. The maximum Gasteiger partial charge on any atom is 0.326 e. The standard InChI is InChI=1S/C12H14F2N2O3/c1-2-10(11(17)18)16-12(19)15-6-7-3-4-8(13)9(14)5-7/h3-5,10H,2,6H2,1H3,(H,17,18)(H2,15,16,19)/t10-/m0/s1. The molecule has 0 aliphatic rings. The smallest absolute Gasteiger partial charge is 0.326 e. The van der Waals surface area contributed by atoms with Gasteiger partial charge in [-0.3, -0.25) is 0 Å². The number of aliphatic carboxylic acids is 1. The number of carboxylic acids is 1. The summed E-state index contributed by atoms with van der Waals surface area (Å²) in [5, 5.41) is 13.3. The van der Waals surface area contributed by atoms with Gasteiger partial charge in [0.15, 0.2) is 11.6 Å². The number of carbonyl (C=O) groups excluding carboxylic acids is 1. The van der Waals surface area contributed by atoms with Crippen LogP contribution in [0.1, 0.15) is 18.9 Å². The molecule has 0 saturated carbocycles. The van der Waals surface area contributed by atoms with Crippen molar-refractivity contribution in [1.82, 2.24) is 10.6 Å². The number of carboxylic acid groups (broad SMARTS) is 1. The average molecular weight is 272 g/mol. The minimum absolute atomic E-state index is 0.0287. The zero-order valence-electron chi connectivity index (χ0n) is 10.2. The largest absolute Gasteiger partial charge is 0.480 e. The van der Waals surface area contributed by atoms with Gasteiger partial charge in [0.25, 0.3) is 0 Å². The first-order valence-corrected chi connectivity index (χ1v) is 5.65. The SMILES string of the molecule is CC[C@H](NC(=O)NCc1ccc(F)c(F)c1)C(=O)O. The summed E-state index contributed by atoms with van der Waals surface area (Å²) in [4.78, 5) is 22.1. The molecule has 3 N–H and O–H groups in total. The average Bonchev–Trinajstić information content (AvgIpc) is 2.37. The van der Waals surface area contributed by atoms with E-state index in [9.17, 15) is 18.4 Å². The van der Waals surface area contributed by atoms with Crippen molar-refractivity contribution in [2.24, 2.45) is 0 Å². The molecule has 0 spiro atoms. The monoisotopic (exact) mass is 272 g/mol. The van der Waals surface area contributed by atoms with Crippen LogP contribution >= 0.6 is 0 Å². The first kappa shape index (κ1) is 14.9. The summed E-state index contributed by atoms with van der Waals surface area (Å²) >= 11 is 0. The Morgan fingerprint density at radius 2 is 2.00 bits per heavy atom. The van der Waals surface area contributed by atoms with Gasteiger partial charge in [-0.05, 0) is 24.1 Å². The van der Waals surface area contributed by atoms with E-state index in [1.54, 1.807) is 6.92 Å². The molecule has 104 valence electrons. The zero-order valence-corrected chi connectivity index (χ0v) is 10.2. The van der Waals surface area contributed by atoms with E-state index in [0.29, 0.717) is 5.56 Å². The third-order valence-electron chi connectivity index (χ3n) is 2.45. The lowest BCUT2D eigenvalue weighted by molar-refractivity contribution is -0.139. The Morgan fingerprint density at radius 3 is 2.53 bits per heavy atom. The summed E-state index contributed by atoms with van der Waals surface area (Å²) in [5.74, 6) is -3.10. The maximum absolute atomic E-state index is 12.9. The number of carbonyl (C=O) groups is 2. The highest BCUT2D eigenvalue weighted by molar-refractivity contribution is 5.82. The van der Waals surface area contributed by atoms with Crippen LogP contribution in [0.2, 0.25) is 0 Å². The van der Waals surface area contributed by atoms with Gasteiger partial charge in [0, 0.05) is 6.54 Å². The second kappa shape index (κ2) is 6.67. The molecule has 0 unspecified atom stereocenters. The van der Waals surface area contributed by atoms with Crippen LogP contribution in [0.3, 0.4) is 0 Å². The Labute approximate surface area is 108 Å². The normalized spacial score (nSPS) is 11.7. The molecule has 0 bridgehead atoms. The van der Waals surface area contributed by atoms with Gasteiger partial charge in [0.1, 0.15) is 6.04 Å². The van der Waals surface area contributed by atoms with E-state index in [0.717, 1.165) is 12.1 Å². The summed E-state index contributed by atoms with van der Waals surface area (Å²) in [6.07, 6.45) is 0.244. The lowest BCUT2D eigenvalue weighted by Crippen LogP contribution is -2.45. The van der Waals surface area contributed by atoms with Crippen molar-refractivity contribution in [2.45, 2.75) is 25.9 Å². The number of amides is 2. The Bertz CT molecular complexity index is 480. The summed E-state index contributed by atoms with van der Waals surface area (Å²) < 4.78 is 25.6. The summed E-state index contributed by atoms with van der Waals surface area (Å²) in [6, 6.07) is 1.58. The Balaban J connectivity index is 2.49. The number of rotatable bonds is 5. The fraction of sp³-hybridized carbons (Fsp3) is 0.333. The third-order valence-corrected chi connectivity index (χ3v) is 2.45. The second-order valence-corrected chi connectivity index (χ2v) is 3.87. The minimum atomic E-state index is -1.13. The lowest BCUT2D eigenvalue weighted by atomic mass is 10.2. The highest BCUT2D eigenvalue weighted by Crippen LogP contribution is 2.08. The molecule has 1 atom stereocenters. The molecule has 0 aliphatic carbocycles. The predicted octanol–water partition coefficient (Wildman–Crippen LogP) is 1.63. The van der Waals surface area contributed by atoms with Gasteiger partial charge in [-0.25, -0.2) is 18.4 Å². The number of benzene rings is 1. The van der Waals surface area contributed by atoms with E-state index in [-0.39, 0.29) is 13.0 Å². The molecular weight excluding hydrogens is 258 g/mol. The molecule has 1 aromatic rings. The van der Waals surface area contributed by atoms with Gasteiger partial charge in [-0.1, -0.05) is 13.0 Å². The number of halogens is 2. The van der Waals surface area contributed by atoms with Crippen LogP contribution in [0, 0.1) is 11.6 Å². The van der Waals surface area contributed by atoms with E-state index in [1.165, 1.54) is 6.07 Å². The van der Waals surface area contributed by atoms with Crippen molar-refractivity contribution in [2.75, 3.05) is 0 Å². The third kappa shape index (κ3) is 4.53. The number of hydrogen-bond donors (Lipinski definition) is 3. The molecule has 5 nitrogen and oxygen atoms in total. The highest BCUT2D eigenvalue weighted by atomic mass is 19.2. The van der Waals surface area contributed by atoms with Crippen LogP contribution in [0.5, 0.6) is 0 Å². The highest BCUT2D eigenvalue weighted by Gasteiger charge is 2.17. The van der Waals surface area contributed by atoms with Crippen LogP contribution < -0.4 is 10.6 Å². The van der Waals surface area contributed by atoms with Crippen molar-refractivity contribution in [1.29, 1.82) is 0 Å². The van der Waals surface area contributed by atoms with Crippen LogP contribution in [-0.2, 0) is 11.3 Å². The van der Waals surface area contributed by atoms with E-state index in [1.807, 2.05) is 0 Å². The molecule has 0 fully saturated rings. The molecule has 0 saturated heterocycles. The van der Waals surface area contributed by atoms with Crippen molar-refractivity contribution in [3.63, 3.8) is 0 Å². The van der Waals surface area contributed by atoms with E-state index in [4.69, 9.17) is 5.11 Å². The number of urea groups is 1. The predicted molar refractivity (Wildman–Crippen MR) is 63.4 cm³/mol. The molecule has 0 aromatic heterocycles.